The molecule has 2 nitrogen and oxygen atoms in total. The fourth-order valence-corrected chi connectivity index (χ4v) is 16.5. The van der Waals surface area contributed by atoms with Gasteiger partial charge in [-0.15, -0.1) is 22.7 Å². The second kappa shape index (κ2) is 13.2. The Kier molecular flexibility index (Phi) is 8.13. The van der Waals surface area contributed by atoms with Crippen molar-refractivity contribution in [3.63, 3.8) is 0 Å². The van der Waals surface area contributed by atoms with E-state index in [0.717, 1.165) is 83.3 Å². The molecule has 0 aliphatic carbocycles. The minimum absolute atomic E-state index is 0.838. The highest BCUT2D eigenvalue weighted by Crippen LogP contribution is 2.49. The molecule has 0 aliphatic heterocycles. The first-order chi connectivity index (χ1) is 26.5. The molecular weight excluding hydrogens is 735 g/mol. The molecule has 0 radical (unpaired) electrons. The van der Waals surface area contributed by atoms with Gasteiger partial charge >= 0.3 is 0 Å². The van der Waals surface area contributed by atoms with Crippen molar-refractivity contribution >= 4 is 109 Å². The molecule has 6 heteroatoms. The minimum Gasteiger partial charge on any atom is -0.309 e. The van der Waals surface area contributed by atoms with Crippen LogP contribution in [0, 0.1) is 0 Å². The third-order valence-corrected chi connectivity index (χ3v) is 19.4. The first-order valence-electron chi connectivity index (χ1n) is 17.9. The Morgan fingerprint density at radius 1 is 0.315 bits per heavy atom. The predicted octanol–water partition coefficient (Wildman–Crippen LogP) is 11.4. The molecule has 10 rings (SSSR count). The Bertz CT molecular complexity index is 2800. The molecule has 0 fully saturated rings. The van der Waals surface area contributed by atoms with Crippen molar-refractivity contribution in [2.24, 2.45) is 0 Å². The Morgan fingerprint density at radius 2 is 0.648 bits per heavy atom. The van der Waals surface area contributed by atoms with Gasteiger partial charge in [-0.2, -0.15) is 0 Å². The summed E-state index contributed by atoms with van der Waals surface area (Å²) in [5.74, 6) is 0. The molecule has 0 saturated carbocycles. The topological polar surface area (TPSA) is 34.1 Å². The normalized spacial score (nSPS) is 12.2. The van der Waals surface area contributed by atoms with Crippen LogP contribution in [-0.2, 0) is 9.13 Å². The second-order valence-electron chi connectivity index (χ2n) is 13.5. The number of hydrogen-bond donors (Lipinski definition) is 0. The van der Waals surface area contributed by atoms with Crippen LogP contribution >= 0.6 is 37.0 Å². The van der Waals surface area contributed by atoms with Crippen molar-refractivity contribution in [3.05, 3.63) is 194 Å². The van der Waals surface area contributed by atoms with Gasteiger partial charge in [0.1, 0.15) is 0 Å². The average Bonchev–Trinajstić information content (AvgIpc) is 3.82. The maximum Gasteiger partial charge on any atom is 0.172 e. The standard InChI is InChI=1S/C48H32O2P2S2/c49-51(35-15-5-1-6-16-35,36-17-7-2-8-18-36)43-25-13-23-39-41-31-33(27-29-45(41)53-47(39)43)34-28-30-46-42(32-34)40-24-14-26-44(48(40)54-46)52(50,37-19-9-3-10-20-37)38-21-11-4-12-22-38/h1-32H. The van der Waals surface area contributed by atoms with E-state index in [1.54, 1.807) is 22.7 Å². The Hall–Kier alpha value is -5.34. The van der Waals surface area contributed by atoms with Crippen LogP contribution in [0.1, 0.15) is 0 Å². The molecule has 0 unspecified atom stereocenters. The van der Waals surface area contributed by atoms with Gasteiger partial charge in [0.2, 0.25) is 0 Å². The zero-order chi connectivity index (χ0) is 36.3. The van der Waals surface area contributed by atoms with Gasteiger partial charge in [0.05, 0.1) is 0 Å². The highest BCUT2D eigenvalue weighted by atomic mass is 32.1. The SMILES string of the molecule is O=P(c1ccccc1)(c1ccccc1)c1cccc2c1sc1ccc(-c3ccc4sc5c(P(=O)(c6ccccc6)c6ccccc6)cccc5c4c3)cc12. The summed E-state index contributed by atoms with van der Waals surface area (Å²) in [6.07, 6.45) is 0. The smallest absolute Gasteiger partial charge is 0.172 e. The summed E-state index contributed by atoms with van der Waals surface area (Å²) in [4.78, 5) is 0. The highest BCUT2D eigenvalue weighted by molar-refractivity contribution is 7.86. The number of rotatable bonds is 7. The van der Waals surface area contributed by atoms with Gasteiger partial charge in [0, 0.05) is 72.2 Å². The zero-order valence-electron chi connectivity index (χ0n) is 29.0. The number of thiophene rings is 2. The molecule has 0 saturated heterocycles. The largest absolute Gasteiger partial charge is 0.309 e. The molecule has 0 spiro atoms. The van der Waals surface area contributed by atoms with E-state index < -0.39 is 14.3 Å². The maximum absolute atomic E-state index is 15.4. The molecule has 258 valence electrons. The first-order valence-corrected chi connectivity index (χ1v) is 22.9. The van der Waals surface area contributed by atoms with E-state index >= 15 is 9.13 Å². The molecule has 0 bridgehead atoms. The summed E-state index contributed by atoms with van der Waals surface area (Å²) in [6, 6.07) is 65.6. The van der Waals surface area contributed by atoms with Gasteiger partial charge in [0.25, 0.3) is 0 Å². The van der Waals surface area contributed by atoms with E-state index in [1.165, 1.54) is 0 Å². The summed E-state index contributed by atoms with van der Waals surface area (Å²) >= 11 is 3.43. The zero-order valence-corrected chi connectivity index (χ0v) is 32.4. The molecular formula is C48H32O2P2S2. The molecule has 2 aromatic heterocycles. The van der Waals surface area contributed by atoms with Gasteiger partial charge in [-0.25, -0.2) is 0 Å². The monoisotopic (exact) mass is 766 g/mol. The van der Waals surface area contributed by atoms with Crippen LogP contribution < -0.4 is 31.8 Å². The number of benzene rings is 8. The summed E-state index contributed by atoms with van der Waals surface area (Å²) in [7, 11) is -6.31. The van der Waals surface area contributed by atoms with Crippen molar-refractivity contribution in [3.8, 4) is 11.1 Å². The minimum atomic E-state index is -3.16. The Morgan fingerprint density at radius 3 is 0.981 bits per heavy atom. The quantitative estimate of drug-likeness (QED) is 0.151. The van der Waals surface area contributed by atoms with Gasteiger partial charge in [-0.05, 0) is 47.5 Å². The van der Waals surface area contributed by atoms with Gasteiger partial charge in [-0.3, -0.25) is 0 Å². The lowest BCUT2D eigenvalue weighted by atomic mass is 10.0. The van der Waals surface area contributed by atoms with Crippen LogP contribution in [0.25, 0.3) is 51.5 Å². The predicted molar refractivity (Wildman–Crippen MR) is 236 cm³/mol. The van der Waals surface area contributed by atoms with Crippen LogP contribution in [0.5, 0.6) is 0 Å². The lowest BCUT2D eigenvalue weighted by Gasteiger charge is -2.20. The van der Waals surface area contributed by atoms with Crippen molar-refractivity contribution in [2.45, 2.75) is 0 Å². The molecule has 0 N–H and O–H groups in total. The molecule has 2 heterocycles. The van der Waals surface area contributed by atoms with E-state index in [9.17, 15) is 0 Å². The fraction of sp³-hybridized carbons (Fsp3) is 0. The summed E-state index contributed by atoms with van der Waals surface area (Å²) < 4.78 is 35.3. The molecule has 0 amide bonds. The summed E-state index contributed by atoms with van der Waals surface area (Å²) in [5.41, 5.74) is 2.25. The Balaban J connectivity index is 1.12. The molecule has 0 atom stereocenters. The highest BCUT2D eigenvalue weighted by Gasteiger charge is 2.33. The van der Waals surface area contributed by atoms with Crippen LogP contribution in [-0.4, -0.2) is 0 Å². The van der Waals surface area contributed by atoms with Crippen LogP contribution in [0.3, 0.4) is 0 Å². The summed E-state index contributed by atoms with van der Waals surface area (Å²) in [6.45, 7) is 0. The van der Waals surface area contributed by atoms with Crippen molar-refractivity contribution in [1.29, 1.82) is 0 Å². The van der Waals surface area contributed by atoms with Crippen molar-refractivity contribution < 1.29 is 9.13 Å². The van der Waals surface area contributed by atoms with Crippen molar-refractivity contribution in [1.82, 2.24) is 0 Å². The lowest BCUT2D eigenvalue weighted by molar-refractivity contribution is 0.592. The third kappa shape index (κ3) is 5.21. The van der Waals surface area contributed by atoms with E-state index in [0.29, 0.717) is 0 Å². The van der Waals surface area contributed by atoms with Crippen molar-refractivity contribution in [2.75, 3.05) is 0 Å². The van der Waals surface area contributed by atoms with Crippen LogP contribution in [0.15, 0.2) is 194 Å². The van der Waals surface area contributed by atoms with E-state index in [4.69, 9.17) is 0 Å². The van der Waals surface area contributed by atoms with Gasteiger partial charge < -0.3 is 9.13 Å². The van der Waals surface area contributed by atoms with Gasteiger partial charge in [0.15, 0.2) is 14.3 Å². The maximum atomic E-state index is 15.4. The first kappa shape index (κ1) is 33.2. The number of fused-ring (bicyclic) bond motifs is 6. The molecule has 10 aromatic rings. The number of hydrogen-bond acceptors (Lipinski definition) is 4. The van der Waals surface area contributed by atoms with E-state index in [1.807, 2.05) is 121 Å². The van der Waals surface area contributed by atoms with E-state index in [-0.39, 0.29) is 0 Å². The van der Waals surface area contributed by atoms with Gasteiger partial charge in [-0.1, -0.05) is 158 Å². The van der Waals surface area contributed by atoms with Crippen LogP contribution in [0.2, 0.25) is 0 Å². The molecule has 54 heavy (non-hydrogen) atoms. The summed E-state index contributed by atoms with van der Waals surface area (Å²) in [5, 5.41) is 9.66. The fourth-order valence-electron chi connectivity index (χ4n) is 7.83. The Labute approximate surface area is 321 Å². The van der Waals surface area contributed by atoms with E-state index in [2.05, 4.69) is 72.8 Å². The average molecular weight is 767 g/mol. The van der Waals surface area contributed by atoms with Crippen LogP contribution in [0.4, 0.5) is 0 Å². The second-order valence-corrected chi connectivity index (χ2v) is 21.1. The molecule has 8 aromatic carbocycles. The lowest BCUT2D eigenvalue weighted by Crippen LogP contribution is -2.25. The molecule has 0 aliphatic rings. The third-order valence-electron chi connectivity index (χ3n) is 10.4.